The van der Waals surface area contributed by atoms with Crippen LogP contribution in [0.25, 0.3) is 0 Å². The summed E-state index contributed by atoms with van der Waals surface area (Å²) in [5, 5.41) is 3.61. The maximum Gasteiger partial charge on any atom is 0.230 e. The zero-order valence-corrected chi connectivity index (χ0v) is 7.94. The summed E-state index contributed by atoms with van der Waals surface area (Å²) in [5.74, 6) is 0.480. The monoisotopic (exact) mass is 206 g/mol. The second-order valence-corrected chi connectivity index (χ2v) is 2.97. The van der Waals surface area contributed by atoms with E-state index in [9.17, 15) is 0 Å². The zero-order chi connectivity index (χ0) is 9.80. The van der Waals surface area contributed by atoms with Crippen LogP contribution in [0.1, 0.15) is 0 Å². The van der Waals surface area contributed by atoms with Crippen molar-refractivity contribution in [2.24, 2.45) is 0 Å². The minimum atomic E-state index is 0.480. The highest BCUT2D eigenvalue weighted by atomic mass is 35.5. The maximum absolute atomic E-state index is 5.94. The summed E-state index contributed by atoms with van der Waals surface area (Å²) in [6, 6.07) is 7.40. The third kappa shape index (κ3) is 1.97. The van der Waals surface area contributed by atoms with E-state index in [0.717, 1.165) is 5.69 Å². The second-order valence-electron chi connectivity index (χ2n) is 2.57. The predicted molar refractivity (Wildman–Crippen MR) is 54.6 cm³/mol. The Morgan fingerprint density at radius 2 is 1.79 bits per heavy atom. The highest BCUT2D eigenvalue weighted by molar-refractivity contribution is 6.33. The molecule has 0 amide bonds. The van der Waals surface area contributed by atoms with Crippen LogP contribution < -0.4 is 5.32 Å². The van der Waals surface area contributed by atoms with Crippen molar-refractivity contribution in [3.05, 3.63) is 41.9 Å². The van der Waals surface area contributed by atoms with E-state index in [1.807, 2.05) is 18.2 Å². The number of nitrogens with zero attached hydrogens (tertiary/aromatic N) is 3. The lowest BCUT2D eigenvalue weighted by molar-refractivity contribution is 1.05. The van der Waals surface area contributed by atoms with Crippen LogP contribution >= 0.6 is 11.6 Å². The van der Waals surface area contributed by atoms with Crippen LogP contribution in [0.15, 0.2) is 36.9 Å². The van der Waals surface area contributed by atoms with Gasteiger partial charge in [0.05, 0.1) is 10.7 Å². The number of aromatic nitrogens is 3. The fourth-order valence-corrected chi connectivity index (χ4v) is 1.17. The number of para-hydroxylation sites is 1. The molecule has 14 heavy (non-hydrogen) atoms. The van der Waals surface area contributed by atoms with Crippen molar-refractivity contribution in [2.45, 2.75) is 0 Å². The van der Waals surface area contributed by atoms with Gasteiger partial charge in [-0.25, -0.2) is 15.0 Å². The Hall–Kier alpha value is -1.68. The molecule has 5 heteroatoms. The number of rotatable bonds is 2. The first-order valence-corrected chi connectivity index (χ1v) is 4.37. The summed E-state index contributed by atoms with van der Waals surface area (Å²) < 4.78 is 0. The third-order valence-electron chi connectivity index (χ3n) is 1.61. The summed E-state index contributed by atoms with van der Waals surface area (Å²) in [5.41, 5.74) is 0.778. The molecule has 0 saturated heterocycles. The number of benzene rings is 1. The standard InChI is InChI=1S/C9H7ClN4/c10-7-3-1-2-4-8(7)14-9-12-5-11-6-13-9/h1-6H,(H,11,12,13,14). The Bertz CT molecular complexity index is 418. The highest BCUT2D eigenvalue weighted by Gasteiger charge is 1.99. The lowest BCUT2D eigenvalue weighted by atomic mass is 10.3. The molecule has 0 aliphatic rings. The molecule has 0 radical (unpaired) electrons. The summed E-state index contributed by atoms with van der Waals surface area (Å²) in [4.78, 5) is 11.6. The molecule has 0 atom stereocenters. The van der Waals surface area contributed by atoms with Crippen molar-refractivity contribution in [1.29, 1.82) is 0 Å². The van der Waals surface area contributed by atoms with Crippen LogP contribution in [0, 0.1) is 0 Å². The van der Waals surface area contributed by atoms with E-state index in [2.05, 4.69) is 20.3 Å². The SMILES string of the molecule is Clc1ccccc1Nc1ncncn1. The third-order valence-corrected chi connectivity index (χ3v) is 1.94. The molecule has 0 fully saturated rings. The summed E-state index contributed by atoms with van der Waals surface area (Å²) >= 11 is 5.94. The highest BCUT2D eigenvalue weighted by Crippen LogP contribution is 2.22. The topological polar surface area (TPSA) is 50.7 Å². The molecule has 0 spiro atoms. The van der Waals surface area contributed by atoms with Gasteiger partial charge in [0.15, 0.2) is 0 Å². The molecule has 0 saturated carbocycles. The fraction of sp³-hybridized carbons (Fsp3) is 0. The van der Waals surface area contributed by atoms with Gasteiger partial charge in [0.2, 0.25) is 5.95 Å². The van der Waals surface area contributed by atoms with Gasteiger partial charge in [-0.05, 0) is 12.1 Å². The fourth-order valence-electron chi connectivity index (χ4n) is 0.987. The van der Waals surface area contributed by atoms with Crippen molar-refractivity contribution < 1.29 is 0 Å². The van der Waals surface area contributed by atoms with Gasteiger partial charge in [-0.1, -0.05) is 23.7 Å². The van der Waals surface area contributed by atoms with Crippen molar-refractivity contribution in [3.8, 4) is 0 Å². The van der Waals surface area contributed by atoms with Crippen molar-refractivity contribution >= 4 is 23.2 Å². The quantitative estimate of drug-likeness (QED) is 0.819. The van der Waals surface area contributed by atoms with Crippen molar-refractivity contribution in [3.63, 3.8) is 0 Å². The van der Waals surface area contributed by atoms with E-state index in [1.165, 1.54) is 12.7 Å². The lowest BCUT2D eigenvalue weighted by Gasteiger charge is -2.04. The number of nitrogens with one attached hydrogen (secondary N) is 1. The van der Waals surface area contributed by atoms with E-state index in [1.54, 1.807) is 6.07 Å². The van der Waals surface area contributed by atoms with E-state index >= 15 is 0 Å². The minimum Gasteiger partial charge on any atom is -0.323 e. The average Bonchev–Trinajstić information content (AvgIpc) is 2.23. The van der Waals surface area contributed by atoms with Gasteiger partial charge in [0, 0.05) is 0 Å². The summed E-state index contributed by atoms with van der Waals surface area (Å²) in [7, 11) is 0. The van der Waals surface area contributed by atoms with E-state index in [0.29, 0.717) is 11.0 Å². The first-order chi connectivity index (χ1) is 6.86. The van der Waals surface area contributed by atoms with Crippen LogP contribution in [0.5, 0.6) is 0 Å². The average molecular weight is 207 g/mol. The normalized spacial score (nSPS) is 9.79. The van der Waals surface area contributed by atoms with Crippen LogP contribution in [0.4, 0.5) is 11.6 Å². The molecule has 0 aliphatic carbocycles. The first-order valence-electron chi connectivity index (χ1n) is 4.00. The van der Waals surface area contributed by atoms with Gasteiger partial charge in [0.25, 0.3) is 0 Å². The van der Waals surface area contributed by atoms with Gasteiger partial charge >= 0.3 is 0 Å². The summed E-state index contributed by atoms with van der Waals surface area (Å²) in [6.45, 7) is 0. The number of anilines is 2. The number of halogens is 1. The van der Waals surface area contributed by atoms with Gasteiger partial charge < -0.3 is 5.32 Å². The van der Waals surface area contributed by atoms with Crippen LogP contribution in [-0.4, -0.2) is 15.0 Å². The maximum atomic E-state index is 5.94. The van der Waals surface area contributed by atoms with Gasteiger partial charge in [-0.3, -0.25) is 0 Å². The van der Waals surface area contributed by atoms with E-state index in [-0.39, 0.29) is 0 Å². The van der Waals surface area contributed by atoms with Crippen molar-refractivity contribution in [2.75, 3.05) is 5.32 Å². The molecule has 1 aromatic heterocycles. The first kappa shape index (κ1) is 8.90. The van der Waals surface area contributed by atoms with Crippen molar-refractivity contribution in [1.82, 2.24) is 15.0 Å². The molecule has 70 valence electrons. The minimum absolute atomic E-state index is 0.480. The molecule has 0 unspecified atom stereocenters. The molecule has 0 bridgehead atoms. The van der Waals surface area contributed by atoms with Crippen LogP contribution in [0.2, 0.25) is 5.02 Å². The van der Waals surface area contributed by atoms with E-state index < -0.39 is 0 Å². The molecule has 0 aliphatic heterocycles. The van der Waals surface area contributed by atoms with Crippen LogP contribution in [-0.2, 0) is 0 Å². The lowest BCUT2D eigenvalue weighted by Crippen LogP contribution is -1.96. The van der Waals surface area contributed by atoms with Crippen LogP contribution in [0.3, 0.4) is 0 Å². The number of hydrogen-bond acceptors (Lipinski definition) is 4. The molecule has 1 N–H and O–H groups in total. The molecule has 1 heterocycles. The second kappa shape index (κ2) is 4.02. The Morgan fingerprint density at radius 3 is 2.50 bits per heavy atom. The molecule has 2 rings (SSSR count). The predicted octanol–water partition coefficient (Wildman–Crippen LogP) is 2.27. The Balaban J connectivity index is 2.24. The molecule has 2 aromatic rings. The molecule has 4 nitrogen and oxygen atoms in total. The van der Waals surface area contributed by atoms with Gasteiger partial charge in [-0.2, -0.15) is 0 Å². The Kier molecular flexibility index (Phi) is 2.55. The smallest absolute Gasteiger partial charge is 0.230 e. The molecular formula is C9H7ClN4. The Morgan fingerprint density at radius 1 is 1.07 bits per heavy atom. The summed E-state index contributed by atoms with van der Waals surface area (Å²) in [6.07, 6.45) is 2.85. The molecule has 1 aromatic carbocycles. The zero-order valence-electron chi connectivity index (χ0n) is 7.18. The van der Waals surface area contributed by atoms with Gasteiger partial charge in [-0.15, -0.1) is 0 Å². The van der Waals surface area contributed by atoms with E-state index in [4.69, 9.17) is 11.6 Å². The molecular weight excluding hydrogens is 200 g/mol. The van der Waals surface area contributed by atoms with Gasteiger partial charge in [0.1, 0.15) is 12.7 Å². The largest absolute Gasteiger partial charge is 0.323 e. The number of hydrogen-bond donors (Lipinski definition) is 1. The Labute approximate surface area is 86.0 Å².